The normalized spacial score (nSPS) is 16.5. The number of carbonyl (C=O) groups excluding carboxylic acids is 1. The summed E-state index contributed by atoms with van der Waals surface area (Å²) in [4.78, 5) is 12.8. The first-order chi connectivity index (χ1) is 11.6. The molecule has 0 saturated carbocycles. The van der Waals surface area contributed by atoms with E-state index in [1.165, 1.54) is 0 Å². The van der Waals surface area contributed by atoms with Crippen molar-refractivity contribution in [2.75, 3.05) is 5.32 Å². The van der Waals surface area contributed by atoms with Crippen LogP contribution in [0.1, 0.15) is 36.1 Å². The molecule has 7 heteroatoms. The Kier molecular flexibility index (Phi) is 3.30. The number of aromatic nitrogens is 4. The molecule has 3 N–H and O–H groups in total. The minimum Gasteiger partial charge on any atom is -0.508 e. The molecule has 1 aliphatic rings. The van der Waals surface area contributed by atoms with Gasteiger partial charge in [0.25, 0.3) is 0 Å². The highest BCUT2D eigenvalue weighted by atomic mass is 16.3. The van der Waals surface area contributed by atoms with Crippen molar-refractivity contribution in [3.63, 3.8) is 0 Å². The van der Waals surface area contributed by atoms with Crippen LogP contribution < -0.4 is 5.32 Å². The van der Waals surface area contributed by atoms with Crippen LogP contribution in [0.2, 0.25) is 0 Å². The summed E-state index contributed by atoms with van der Waals surface area (Å²) in [5, 5.41) is 25.5. The zero-order chi connectivity index (χ0) is 16.8. The average Bonchev–Trinajstić information content (AvgIpc) is 3.24. The van der Waals surface area contributed by atoms with Gasteiger partial charge in [-0.05, 0) is 30.9 Å². The molecular weight excluding hydrogens is 306 g/mol. The van der Waals surface area contributed by atoms with Crippen LogP contribution in [0.15, 0.2) is 18.2 Å². The van der Waals surface area contributed by atoms with Gasteiger partial charge in [-0.25, -0.2) is 4.68 Å². The lowest BCUT2D eigenvalue weighted by molar-refractivity contribution is -0.117. The molecule has 24 heavy (non-hydrogen) atoms. The van der Waals surface area contributed by atoms with Gasteiger partial charge in [-0.2, -0.15) is 10.2 Å². The Bertz CT molecular complexity index is 940. The highest BCUT2D eigenvalue weighted by Gasteiger charge is 2.32. The minimum atomic E-state index is -0.346. The fraction of sp³-hybridized carbons (Fsp3) is 0.353. The first-order valence-corrected chi connectivity index (χ1v) is 8.11. The number of aromatic hydroxyl groups is 1. The molecule has 0 bridgehead atoms. The fourth-order valence-electron chi connectivity index (χ4n) is 3.59. The standard InChI is InChI=1S/C17H19N5O2/c1-3-11-14-15(19-20-16(14)22(2)21-11)18-17(24)10-8-7-9-5-4-6-12(23)13(9)10/h4-6,10,23H,3,7-8H2,1-2H3,(H2,18,19,20,24). The van der Waals surface area contributed by atoms with E-state index in [2.05, 4.69) is 20.6 Å². The van der Waals surface area contributed by atoms with Crippen molar-refractivity contribution < 1.29 is 9.90 Å². The average molecular weight is 325 g/mol. The Hall–Kier alpha value is -2.83. The highest BCUT2D eigenvalue weighted by Crippen LogP contribution is 2.39. The lowest BCUT2D eigenvalue weighted by atomic mass is 9.99. The Morgan fingerprint density at radius 2 is 2.33 bits per heavy atom. The van der Waals surface area contributed by atoms with Crippen molar-refractivity contribution in [3.05, 3.63) is 35.0 Å². The summed E-state index contributed by atoms with van der Waals surface area (Å²) in [6.07, 6.45) is 2.25. The number of fused-ring (bicyclic) bond motifs is 2. The van der Waals surface area contributed by atoms with Gasteiger partial charge in [0.2, 0.25) is 5.91 Å². The summed E-state index contributed by atoms with van der Waals surface area (Å²) in [6.45, 7) is 2.02. The number of amides is 1. The molecule has 2 aromatic heterocycles. The molecule has 0 spiro atoms. The molecule has 2 heterocycles. The smallest absolute Gasteiger partial charge is 0.233 e. The monoisotopic (exact) mass is 325 g/mol. The van der Waals surface area contributed by atoms with E-state index >= 15 is 0 Å². The third kappa shape index (κ3) is 2.08. The van der Waals surface area contributed by atoms with E-state index < -0.39 is 0 Å². The number of nitrogens with one attached hydrogen (secondary N) is 2. The van der Waals surface area contributed by atoms with E-state index in [0.29, 0.717) is 12.2 Å². The van der Waals surface area contributed by atoms with E-state index in [0.717, 1.165) is 40.7 Å². The molecule has 3 aromatic rings. The van der Waals surface area contributed by atoms with Crippen LogP contribution in [0.4, 0.5) is 5.82 Å². The van der Waals surface area contributed by atoms with Gasteiger partial charge in [0.05, 0.1) is 17.0 Å². The fourth-order valence-corrected chi connectivity index (χ4v) is 3.59. The summed E-state index contributed by atoms with van der Waals surface area (Å²) in [6, 6.07) is 5.41. The third-order valence-electron chi connectivity index (χ3n) is 4.74. The molecule has 0 fully saturated rings. The van der Waals surface area contributed by atoms with Crippen molar-refractivity contribution in [3.8, 4) is 5.75 Å². The molecule has 7 nitrogen and oxygen atoms in total. The largest absolute Gasteiger partial charge is 0.508 e. The number of aromatic amines is 1. The molecule has 124 valence electrons. The summed E-state index contributed by atoms with van der Waals surface area (Å²) in [5.41, 5.74) is 3.40. The van der Waals surface area contributed by atoms with Gasteiger partial charge in [-0.15, -0.1) is 0 Å². The van der Waals surface area contributed by atoms with Gasteiger partial charge in [0.1, 0.15) is 11.6 Å². The number of hydrogen-bond donors (Lipinski definition) is 3. The van der Waals surface area contributed by atoms with Crippen LogP contribution in [0.3, 0.4) is 0 Å². The SMILES string of the molecule is CCc1nn(C)c2n[nH]c(NC(=O)C3CCc4cccc(O)c43)c12. The molecule has 1 atom stereocenters. The number of nitrogens with zero attached hydrogens (tertiary/aromatic N) is 3. The number of phenols is 1. The van der Waals surface area contributed by atoms with Crippen molar-refractivity contribution in [2.45, 2.75) is 32.1 Å². The Labute approximate surface area is 138 Å². The number of carbonyl (C=O) groups is 1. The Morgan fingerprint density at radius 3 is 3.12 bits per heavy atom. The van der Waals surface area contributed by atoms with Crippen LogP contribution in [0, 0.1) is 0 Å². The van der Waals surface area contributed by atoms with Gasteiger partial charge in [-0.1, -0.05) is 19.1 Å². The van der Waals surface area contributed by atoms with Crippen LogP contribution in [-0.4, -0.2) is 31.0 Å². The van der Waals surface area contributed by atoms with Crippen molar-refractivity contribution >= 4 is 22.8 Å². The third-order valence-corrected chi connectivity index (χ3v) is 4.74. The molecule has 1 aromatic carbocycles. The molecular formula is C17H19N5O2. The first-order valence-electron chi connectivity index (χ1n) is 8.11. The van der Waals surface area contributed by atoms with Crippen LogP contribution >= 0.6 is 0 Å². The summed E-state index contributed by atoms with van der Waals surface area (Å²) in [5.74, 6) is 0.285. The van der Waals surface area contributed by atoms with Crippen LogP contribution in [-0.2, 0) is 24.7 Å². The second kappa shape index (κ2) is 5.36. The molecule has 1 amide bonds. The van der Waals surface area contributed by atoms with Gasteiger partial charge in [0, 0.05) is 12.6 Å². The summed E-state index contributed by atoms with van der Waals surface area (Å²) in [7, 11) is 1.83. The van der Waals surface area contributed by atoms with E-state index in [9.17, 15) is 9.90 Å². The number of benzene rings is 1. The Balaban J connectivity index is 1.67. The van der Waals surface area contributed by atoms with Crippen molar-refractivity contribution in [1.82, 2.24) is 20.0 Å². The maximum atomic E-state index is 12.8. The maximum absolute atomic E-state index is 12.8. The molecule has 0 aliphatic heterocycles. The van der Waals surface area contributed by atoms with E-state index in [1.54, 1.807) is 10.7 Å². The molecule has 1 aliphatic carbocycles. The Morgan fingerprint density at radius 1 is 1.50 bits per heavy atom. The molecule has 0 radical (unpaired) electrons. The van der Waals surface area contributed by atoms with Crippen LogP contribution in [0.25, 0.3) is 11.0 Å². The van der Waals surface area contributed by atoms with Gasteiger partial charge in [-0.3, -0.25) is 9.89 Å². The molecule has 4 rings (SSSR count). The minimum absolute atomic E-state index is 0.133. The van der Waals surface area contributed by atoms with Gasteiger partial charge >= 0.3 is 0 Å². The topological polar surface area (TPSA) is 95.8 Å². The highest BCUT2D eigenvalue weighted by molar-refractivity contribution is 6.03. The maximum Gasteiger partial charge on any atom is 0.233 e. The number of hydrogen-bond acceptors (Lipinski definition) is 4. The number of aryl methyl sites for hydroxylation is 3. The predicted molar refractivity (Wildman–Crippen MR) is 90.0 cm³/mol. The lowest BCUT2D eigenvalue weighted by Gasteiger charge is -2.12. The quantitative estimate of drug-likeness (QED) is 0.688. The van der Waals surface area contributed by atoms with E-state index in [4.69, 9.17) is 0 Å². The second-order valence-electron chi connectivity index (χ2n) is 6.15. The summed E-state index contributed by atoms with van der Waals surface area (Å²) < 4.78 is 1.71. The lowest BCUT2D eigenvalue weighted by Crippen LogP contribution is -2.20. The van der Waals surface area contributed by atoms with E-state index in [-0.39, 0.29) is 17.6 Å². The number of H-pyrrole nitrogens is 1. The van der Waals surface area contributed by atoms with Crippen molar-refractivity contribution in [2.24, 2.45) is 7.05 Å². The number of anilines is 1. The van der Waals surface area contributed by atoms with Gasteiger partial charge in [0.15, 0.2) is 5.65 Å². The zero-order valence-electron chi connectivity index (χ0n) is 13.6. The molecule has 0 saturated heterocycles. The number of phenolic OH excluding ortho intramolecular Hbond substituents is 1. The first kappa shape index (κ1) is 14.7. The van der Waals surface area contributed by atoms with E-state index in [1.807, 2.05) is 26.1 Å². The second-order valence-corrected chi connectivity index (χ2v) is 6.15. The van der Waals surface area contributed by atoms with Crippen molar-refractivity contribution in [1.29, 1.82) is 0 Å². The zero-order valence-corrected chi connectivity index (χ0v) is 13.6. The van der Waals surface area contributed by atoms with Gasteiger partial charge < -0.3 is 10.4 Å². The molecule has 1 unspecified atom stereocenters. The number of rotatable bonds is 3. The summed E-state index contributed by atoms with van der Waals surface area (Å²) >= 11 is 0. The predicted octanol–water partition coefficient (Wildman–Crippen LogP) is 2.23. The van der Waals surface area contributed by atoms with Crippen LogP contribution in [0.5, 0.6) is 5.75 Å².